The average molecular weight is 1620 g/mol. The third kappa shape index (κ3) is 12.4. The zero-order valence-electron chi connectivity index (χ0n) is 67.3. The van der Waals surface area contributed by atoms with Gasteiger partial charge >= 0.3 is 0 Å². The highest BCUT2D eigenvalue weighted by Crippen LogP contribution is 2.57. The van der Waals surface area contributed by atoms with Crippen LogP contribution in [0.15, 0.2) is 426 Å². The van der Waals surface area contributed by atoms with Gasteiger partial charge in [0.1, 0.15) is 22.3 Å². The van der Waals surface area contributed by atoms with E-state index < -0.39 is 0 Å². The molecule has 6 nitrogen and oxygen atoms in total. The summed E-state index contributed by atoms with van der Waals surface area (Å²) in [5, 5.41) is 13.1. The Hall–Kier alpha value is -14.8. The van der Waals surface area contributed by atoms with Gasteiger partial charge in [-0.2, -0.15) is 0 Å². The zero-order chi connectivity index (χ0) is 81.0. The lowest BCUT2D eigenvalue weighted by molar-refractivity contribution is 0.660. The van der Waals surface area contributed by atoms with Crippen molar-refractivity contribution in [3.05, 3.63) is 439 Å². The fourth-order valence-corrected chi connectivity index (χ4v) is 19.9. The van der Waals surface area contributed by atoms with Crippen LogP contribution in [0.3, 0.4) is 0 Å². The highest BCUT2D eigenvalue weighted by atomic mass is 79.9. The Morgan fingerprint density at radius 1 is 0.273 bits per heavy atom. The molecule has 2 aliphatic rings. The van der Waals surface area contributed by atoms with E-state index in [1.165, 1.54) is 138 Å². The molecule has 0 bridgehead atoms. The number of aromatic nitrogens is 2. The first-order valence-corrected chi connectivity index (χ1v) is 42.3. The molecule has 2 aliphatic carbocycles. The maximum Gasteiger partial charge on any atom is 0.137 e. The Kier molecular flexibility index (Phi) is 17.7. The second-order valence-corrected chi connectivity index (χ2v) is 33.7. The lowest BCUT2D eigenvalue weighted by atomic mass is 9.82. The van der Waals surface area contributed by atoms with Crippen molar-refractivity contribution in [3.63, 3.8) is 0 Å². The van der Waals surface area contributed by atoms with E-state index in [9.17, 15) is 0 Å². The molecule has 18 aromatic carbocycles. The van der Waals surface area contributed by atoms with Crippen molar-refractivity contribution in [1.82, 2.24) is 9.13 Å². The van der Waals surface area contributed by atoms with E-state index in [4.69, 9.17) is 8.83 Å². The van der Waals surface area contributed by atoms with E-state index >= 15 is 0 Å². The summed E-state index contributed by atoms with van der Waals surface area (Å²) in [7, 11) is 0. The Morgan fingerprint density at radius 3 is 1.20 bits per heavy atom. The van der Waals surface area contributed by atoms with Crippen LogP contribution in [0, 0.1) is 0 Å². The largest absolute Gasteiger partial charge is 0.456 e. The van der Waals surface area contributed by atoms with Crippen LogP contribution in [0.1, 0.15) is 49.9 Å². The van der Waals surface area contributed by atoms with Crippen molar-refractivity contribution in [2.75, 3.05) is 10.2 Å². The molecular weight excluding hydrogens is 1540 g/mol. The highest BCUT2D eigenvalue weighted by molar-refractivity contribution is 9.10. The number of rotatable bonds is 11. The Morgan fingerprint density at radius 2 is 0.653 bits per heavy atom. The maximum atomic E-state index is 6.72. The fourth-order valence-electron chi connectivity index (χ4n) is 19.3. The van der Waals surface area contributed by atoms with Crippen LogP contribution < -0.4 is 10.2 Å². The summed E-state index contributed by atoms with van der Waals surface area (Å²) in [6, 6.07) is 148. The third-order valence-electron chi connectivity index (χ3n) is 25.1. The molecule has 121 heavy (non-hydrogen) atoms. The minimum absolute atomic E-state index is 0.0286. The van der Waals surface area contributed by atoms with Gasteiger partial charge in [-0.3, -0.25) is 0 Å². The Balaban J connectivity index is 0.000000120. The number of hydrogen-bond donors (Lipinski definition) is 1. The Labute approximate surface area is 710 Å². The van der Waals surface area contributed by atoms with E-state index in [0.29, 0.717) is 0 Å². The molecule has 0 unspecified atom stereocenters. The molecular formula is C114H81BrN4O2. The predicted molar refractivity (Wildman–Crippen MR) is 512 cm³/mol. The molecule has 7 heteroatoms. The van der Waals surface area contributed by atoms with E-state index in [1.807, 2.05) is 12.1 Å². The first kappa shape index (κ1) is 72.7. The summed E-state index contributed by atoms with van der Waals surface area (Å²) < 4.78 is 18.6. The SMILES string of the molecule is Brc1cccc2oc3ccc(-c4ccc5c(c4)c4ccccc4n5-c4ccccc4)cc3c12.CC1(C)c2ccccc2-c2c(N(c3ccc(-c4ccccc4)cc3)c3cccc4oc5ccc(-c6ccc7c(c6)c6ccccc6n7-c6ccccc6)cc5c34)cccc21.CC1(C)c2ccccc2-c2c(Nc3ccc(-c4ccccc4)cc3)cccc21. The fraction of sp³-hybridized carbons (Fsp3) is 0.0526. The second-order valence-electron chi connectivity index (χ2n) is 32.8. The van der Waals surface area contributed by atoms with Gasteiger partial charge in [0.15, 0.2) is 0 Å². The number of benzene rings is 18. The number of nitrogens with zero attached hydrogens (tertiary/aromatic N) is 3. The molecule has 4 heterocycles. The van der Waals surface area contributed by atoms with Crippen LogP contribution in [0.4, 0.5) is 28.4 Å². The molecule has 0 spiro atoms. The van der Waals surface area contributed by atoms with E-state index in [0.717, 1.165) is 82.4 Å². The second kappa shape index (κ2) is 29.4. The van der Waals surface area contributed by atoms with Gasteiger partial charge in [-0.1, -0.05) is 311 Å². The molecule has 0 aliphatic heterocycles. The number of fused-ring (bicyclic) bond motifs is 18. The number of anilines is 5. The van der Waals surface area contributed by atoms with Crippen LogP contribution in [-0.2, 0) is 10.8 Å². The van der Waals surface area contributed by atoms with Gasteiger partial charge in [0.2, 0.25) is 0 Å². The van der Waals surface area contributed by atoms with Gasteiger partial charge in [-0.15, -0.1) is 0 Å². The summed E-state index contributed by atoms with van der Waals surface area (Å²) in [4.78, 5) is 2.46. The number of para-hydroxylation sites is 4. The van der Waals surface area contributed by atoms with Crippen molar-refractivity contribution < 1.29 is 8.83 Å². The van der Waals surface area contributed by atoms with E-state index in [2.05, 4.69) is 463 Å². The van der Waals surface area contributed by atoms with Crippen LogP contribution >= 0.6 is 15.9 Å². The quantitative estimate of drug-likeness (QED) is 0.140. The summed E-state index contributed by atoms with van der Waals surface area (Å²) >= 11 is 3.70. The molecule has 4 aromatic heterocycles. The predicted octanol–water partition coefficient (Wildman–Crippen LogP) is 32.3. The standard InChI is InChI=1S/C57H40N2O.C30H18BrNO.C27H23N/c1-57(2)47-21-11-9-20-44(47)55-48(57)22-13-24-51(55)59(42-31-27-38(28-32-42)37-15-5-3-6-16-37)52-25-14-26-54-56(52)46-36-40(30-34-53(46)60-54)39-29-33-50-45(35-39)43-19-10-12-23-49(43)58(50)41-17-7-4-8-18-41;31-25-10-6-12-29-30(25)24-18-20(14-16-28(24)33-29)19-13-15-27-23(17-19)22-9-4-5-11-26(22)32(27)21-7-2-1-3-8-21;1-27(2)23-12-7-6-11-22(23)26-24(27)13-8-14-25(26)28-21-17-15-20(16-18-21)19-9-4-3-5-10-19/h3-36H,1-2H3;1-18H;3-18,28H,1-2H3. The van der Waals surface area contributed by atoms with Crippen molar-refractivity contribution in [3.8, 4) is 78.1 Å². The minimum Gasteiger partial charge on any atom is -0.456 e. The van der Waals surface area contributed by atoms with Crippen molar-refractivity contribution in [2.45, 2.75) is 38.5 Å². The summed E-state index contributed by atoms with van der Waals surface area (Å²) in [6.45, 7) is 9.33. The summed E-state index contributed by atoms with van der Waals surface area (Å²) in [5.41, 5.74) is 36.4. The van der Waals surface area contributed by atoms with Gasteiger partial charge in [-0.05, 0) is 223 Å². The van der Waals surface area contributed by atoms with E-state index in [-0.39, 0.29) is 10.8 Å². The molecule has 24 rings (SSSR count). The molecule has 0 radical (unpaired) electrons. The van der Waals surface area contributed by atoms with Crippen LogP contribution in [-0.4, -0.2) is 9.13 Å². The van der Waals surface area contributed by atoms with Crippen molar-refractivity contribution in [2.24, 2.45) is 0 Å². The number of furan rings is 2. The molecule has 0 atom stereocenters. The van der Waals surface area contributed by atoms with Crippen LogP contribution in [0.25, 0.3) is 166 Å². The van der Waals surface area contributed by atoms with Gasteiger partial charge in [0, 0.05) is 92.6 Å². The minimum atomic E-state index is -0.136. The number of halogens is 1. The average Bonchev–Trinajstić information content (AvgIpc) is 1.58. The zero-order valence-corrected chi connectivity index (χ0v) is 68.9. The molecule has 0 saturated heterocycles. The smallest absolute Gasteiger partial charge is 0.137 e. The van der Waals surface area contributed by atoms with Crippen molar-refractivity contribution >= 4 is 132 Å². The Bertz CT molecular complexity index is 7790. The molecule has 576 valence electrons. The van der Waals surface area contributed by atoms with Gasteiger partial charge in [0.05, 0.1) is 38.8 Å². The van der Waals surface area contributed by atoms with Crippen LogP contribution in [0.5, 0.6) is 0 Å². The molecule has 0 fully saturated rings. The van der Waals surface area contributed by atoms with Gasteiger partial charge in [0.25, 0.3) is 0 Å². The molecule has 0 saturated carbocycles. The first-order chi connectivity index (χ1) is 59.4. The molecule has 0 amide bonds. The van der Waals surface area contributed by atoms with Crippen molar-refractivity contribution in [1.29, 1.82) is 0 Å². The molecule has 22 aromatic rings. The number of hydrogen-bond acceptors (Lipinski definition) is 4. The monoisotopic (exact) mass is 1620 g/mol. The lowest BCUT2D eigenvalue weighted by Gasteiger charge is -2.29. The van der Waals surface area contributed by atoms with Gasteiger partial charge < -0.3 is 28.2 Å². The van der Waals surface area contributed by atoms with Gasteiger partial charge in [-0.25, -0.2) is 0 Å². The van der Waals surface area contributed by atoms with Crippen LogP contribution in [0.2, 0.25) is 0 Å². The highest BCUT2D eigenvalue weighted by Gasteiger charge is 2.39. The first-order valence-electron chi connectivity index (χ1n) is 41.5. The summed E-state index contributed by atoms with van der Waals surface area (Å²) in [5.74, 6) is 0. The maximum absolute atomic E-state index is 6.72. The molecule has 1 N–H and O–H groups in total. The number of nitrogens with one attached hydrogen (secondary N) is 1. The summed E-state index contributed by atoms with van der Waals surface area (Å²) in [6.07, 6.45) is 0. The third-order valence-corrected chi connectivity index (χ3v) is 25.8. The lowest BCUT2D eigenvalue weighted by Crippen LogP contribution is -2.16. The van der Waals surface area contributed by atoms with E-state index in [1.54, 1.807) is 0 Å². The normalized spacial score (nSPS) is 12.8. The topological polar surface area (TPSA) is 51.4 Å².